The fourth-order valence-electron chi connectivity index (χ4n) is 2.70. The largest absolute Gasteiger partial charge is 0.387 e. The van der Waals surface area contributed by atoms with Crippen molar-refractivity contribution < 1.29 is 17.9 Å². The summed E-state index contributed by atoms with van der Waals surface area (Å²) in [4.78, 5) is 4.32. The van der Waals surface area contributed by atoms with Gasteiger partial charge in [0, 0.05) is 36.9 Å². The second kappa shape index (κ2) is 5.86. The third kappa shape index (κ3) is 2.81. The molecular weight excluding hydrogens is 306 g/mol. The Bertz CT molecular complexity index is 779. The lowest BCUT2D eigenvalue weighted by Gasteiger charge is -2.13. The standard InChI is InChI=1S/C14H19N3O4S/c1-15-13-10(3-4-12-20-7-8-21-12)9-16-14-11(13)5-6-17(14)22(2,18)19/h5-6,9,12H,3-4,7-8H2,1-2H3,(H,15,16). The minimum atomic E-state index is -3.36. The minimum absolute atomic E-state index is 0.166. The molecule has 1 fully saturated rings. The number of fused-ring (bicyclic) bond motifs is 1. The first-order chi connectivity index (χ1) is 10.5. The van der Waals surface area contributed by atoms with Gasteiger partial charge >= 0.3 is 0 Å². The van der Waals surface area contributed by atoms with Crippen LogP contribution in [0.4, 0.5) is 5.69 Å². The van der Waals surface area contributed by atoms with Gasteiger partial charge in [-0.25, -0.2) is 17.4 Å². The van der Waals surface area contributed by atoms with E-state index in [1.165, 1.54) is 10.2 Å². The molecule has 2 aromatic rings. The summed E-state index contributed by atoms with van der Waals surface area (Å²) in [6.07, 6.45) is 5.73. The predicted octanol–water partition coefficient (Wildman–Crippen LogP) is 1.19. The molecule has 0 amide bonds. The van der Waals surface area contributed by atoms with Gasteiger partial charge in [0.1, 0.15) is 0 Å². The molecule has 0 aliphatic carbocycles. The zero-order chi connectivity index (χ0) is 15.7. The molecule has 0 radical (unpaired) electrons. The van der Waals surface area contributed by atoms with Gasteiger partial charge in [0.05, 0.1) is 19.5 Å². The third-order valence-electron chi connectivity index (χ3n) is 3.71. The summed E-state index contributed by atoms with van der Waals surface area (Å²) in [5, 5.41) is 3.94. The van der Waals surface area contributed by atoms with E-state index < -0.39 is 10.0 Å². The van der Waals surface area contributed by atoms with Crippen LogP contribution in [0, 0.1) is 0 Å². The third-order valence-corrected chi connectivity index (χ3v) is 4.72. The van der Waals surface area contributed by atoms with E-state index in [2.05, 4.69) is 10.3 Å². The van der Waals surface area contributed by atoms with Crippen molar-refractivity contribution in [2.24, 2.45) is 0 Å². The van der Waals surface area contributed by atoms with Crippen molar-refractivity contribution in [1.29, 1.82) is 0 Å². The van der Waals surface area contributed by atoms with E-state index in [0.29, 0.717) is 18.9 Å². The van der Waals surface area contributed by atoms with E-state index in [4.69, 9.17) is 9.47 Å². The maximum atomic E-state index is 11.8. The Labute approximate surface area is 129 Å². The maximum absolute atomic E-state index is 11.8. The summed E-state index contributed by atoms with van der Waals surface area (Å²) >= 11 is 0. The molecule has 22 heavy (non-hydrogen) atoms. The molecule has 0 spiro atoms. The summed E-state index contributed by atoms with van der Waals surface area (Å²) in [6, 6.07) is 1.77. The zero-order valence-corrected chi connectivity index (χ0v) is 13.4. The molecule has 1 aliphatic heterocycles. The molecular formula is C14H19N3O4S. The molecule has 1 N–H and O–H groups in total. The SMILES string of the molecule is CNc1c(CCC2OCCO2)cnc2c1ccn2S(C)(=O)=O. The fourth-order valence-corrected chi connectivity index (χ4v) is 3.45. The van der Waals surface area contributed by atoms with Crippen LogP contribution >= 0.6 is 0 Å². The Morgan fingerprint density at radius 1 is 1.41 bits per heavy atom. The topological polar surface area (TPSA) is 82.4 Å². The quantitative estimate of drug-likeness (QED) is 0.889. The molecule has 120 valence electrons. The number of anilines is 1. The van der Waals surface area contributed by atoms with E-state index in [1.807, 2.05) is 7.05 Å². The van der Waals surface area contributed by atoms with Crippen molar-refractivity contribution in [2.75, 3.05) is 31.8 Å². The van der Waals surface area contributed by atoms with Gasteiger partial charge in [0.25, 0.3) is 0 Å². The first-order valence-corrected chi connectivity index (χ1v) is 8.96. The second-order valence-electron chi connectivity index (χ2n) is 5.23. The highest BCUT2D eigenvalue weighted by Crippen LogP contribution is 2.28. The van der Waals surface area contributed by atoms with Crippen LogP contribution in [0.5, 0.6) is 0 Å². The molecule has 7 nitrogen and oxygen atoms in total. The summed E-state index contributed by atoms with van der Waals surface area (Å²) in [5.74, 6) is 0. The lowest BCUT2D eigenvalue weighted by molar-refractivity contribution is -0.0461. The number of nitrogens with zero attached hydrogens (tertiary/aromatic N) is 2. The summed E-state index contributed by atoms with van der Waals surface area (Å²) in [5.41, 5.74) is 2.34. The van der Waals surface area contributed by atoms with E-state index >= 15 is 0 Å². The number of hydrogen-bond donors (Lipinski definition) is 1. The van der Waals surface area contributed by atoms with E-state index in [0.717, 1.165) is 35.7 Å². The monoisotopic (exact) mass is 325 g/mol. The van der Waals surface area contributed by atoms with Gasteiger partial charge in [-0.15, -0.1) is 0 Å². The van der Waals surface area contributed by atoms with Crippen molar-refractivity contribution in [1.82, 2.24) is 8.96 Å². The Hall–Kier alpha value is -1.64. The Kier molecular flexibility index (Phi) is 4.07. The lowest BCUT2D eigenvalue weighted by atomic mass is 10.1. The summed E-state index contributed by atoms with van der Waals surface area (Å²) in [6.45, 7) is 1.27. The van der Waals surface area contributed by atoms with E-state index in [1.54, 1.807) is 12.3 Å². The number of nitrogens with one attached hydrogen (secondary N) is 1. The van der Waals surface area contributed by atoms with Gasteiger partial charge in [-0.2, -0.15) is 0 Å². The van der Waals surface area contributed by atoms with Crippen molar-refractivity contribution >= 4 is 26.7 Å². The normalized spacial score (nSPS) is 16.5. The van der Waals surface area contributed by atoms with Crippen LogP contribution in [0.15, 0.2) is 18.5 Å². The van der Waals surface area contributed by atoms with Crippen molar-refractivity contribution in [3.05, 3.63) is 24.0 Å². The Balaban J connectivity index is 1.94. The van der Waals surface area contributed by atoms with Crippen LogP contribution in [-0.2, 0) is 25.9 Å². The number of aryl methyl sites for hydroxylation is 1. The molecule has 0 aromatic carbocycles. The van der Waals surface area contributed by atoms with Gasteiger partial charge < -0.3 is 14.8 Å². The highest BCUT2D eigenvalue weighted by Gasteiger charge is 2.19. The van der Waals surface area contributed by atoms with Gasteiger partial charge in [-0.1, -0.05) is 0 Å². The van der Waals surface area contributed by atoms with E-state index in [9.17, 15) is 8.42 Å². The Morgan fingerprint density at radius 2 is 2.14 bits per heavy atom. The van der Waals surface area contributed by atoms with E-state index in [-0.39, 0.29) is 6.29 Å². The zero-order valence-electron chi connectivity index (χ0n) is 12.6. The molecule has 3 rings (SSSR count). The van der Waals surface area contributed by atoms with Gasteiger partial charge in [0.2, 0.25) is 10.0 Å². The van der Waals surface area contributed by atoms with Crippen LogP contribution in [0.3, 0.4) is 0 Å². The first-order valence-electron chi connectivity index (χ1n) is 7.11. The molecule has 0 bridgehead atoms. The first kappa shape index (κ1) is 15.3. The van der Waals surface area contributed by atoms with Crippen LogP contribution in [0.1, 0.15) is 12.0 Å². The smallest absolute Gasteiger partial charge is 0.237 e. The number of rotatable bonds is 5. The number of ether oxygens (including phenoxy) is 2. The highest BCUT2D eigenvalue weighted by molar-refractivity contribution is 7.89. The number of aromatic nitrogens is 2. The van der Waals surface area contributed by atoms with Gasteiger partial charge in [-0.05, 0) is 18.1 Å². The molecule has 0 atom stereocenters. The average molecular weight is 325 g/mol. The van der Waals surface area contributed by atoms with Gasteiger partial charge in [0.15, 0.2) is 11.9 Å². The second-order valence-corrected chi connectivity index (χ2v) is 7.09. The van der Waals surface area contributed by atoms with Crippen molar-refractivity contribution in [3.63, 3.8) is 0 Å². The molecule has 2 aromatic heterocycles. The molecule has 1 aliphatic rings. The highest BCUT2D eigenvalue weighted by atomic mass is 32.2. The molecule has 0 unspecified atom stereocenters. The number of pyridine rings is 1. The molecule has 3 heterocycles. The molecule has 0 saturated carbocycles. The molecule has 1 saturated heterocycles. The maximum Gasteiger partial charge on any atom is 0.237 e. The fraction of sp³-hybridized carbons (Fsp3) is 0.500. The van der Waals surface area contributed by atoms with Crippen LogP contribution in [0.25, 0.3) is 11.0 Å². The average Bonchev–Trinajstić information content (AvgIpc) is 3.12. The van der Waals surface area contributed by atoms with Crippen molar-refractivity contribution in [3.8, 4) is 0 Å². The summed E-state index contributed by atoms with van der Waals surface area (Å²) in [7, 11) is -1.54. The van der Waals surface area contributed by atoms with Gasteiger partial charge in [-0.3, -0.25) is 0 Å². The van der Waals surface area contributed by atoms with Crippen LogP contribution < -0.4 is 5.32 Å². The van der Waals surface area contributed by atoms with Crippen molar-refractivity contribution in [2.45, 2.75) is 19.1 Å². The van der Waals surface area contributed by atoms with Crippen LogP contribution in [0.2, 0.25) is 0 Å². The summed E-state index contributed by atoms with van der Waals surface area (Å²) < 4.78 is 35.6. The number of hydrogen-bond acceptors (Lipinski definition) is 6. The Morgan fingerprint density at radius 3 is 2.77 bits per heavy atom. The molecule has 8 heteroatoms. The van der Waals surface area contributed by atoms with Crippen LogP contribution in [-0.4, -0.2) is 50.2 Å². The predicted molar refractivity (Wildman–Crippen MR) is 83.5 cm³/mol. The lowest BCUT2D eigenvalue weighted by Crippen LogP contribution is -2.11. The minimum Gasteiger partial charge on any atom is -0.387 e.